The Morgan fingerprint density at radius 3 is 2.58 bits per heavy atom. The molecular weight excluding hydrogens is 246 g/mol. The predicted octanol–water partition coefficient (Wildman–Crippen LogP) is 0.271. The number of nitrogens with one attached hydrogen (secondary N) is 1. The molecule has 0 aromatic carbocycles. The topological polar surface area (TPSA) is 82.0 Å². The fraction of sp³-hybridized carbons (Fsp3) is 1.00. The van der Waals surface area contributed by atoms with Crippen LogP contribution in [0.25, 0.3) is 0 Å². The molecule has 1 rings (SSSR count). The lowest BCUT2D eigenvalue weighted by atomic mass is 9.81. The normalized spacial score (nSPS) is 40.0. The molecule has 0 saturated carbocycles. The minimum Gasteiger partial charge on any atom is -0.391 e. The highest BCUT2D eigenvalue weighted by Gasteiger charge is 2.47. The highest BCUT2D eigenvalue weighted by Crippen LogP contribution is 2.35. The van der Waals surface area contributed by atoms with Crippen LogP contribution in [-0.2, 0) is 4.74 Å². The Hall–Kier alpha value is -0.200. The summed E-state index contributed by atoms with van der Waals surface area (Å²) in [5.74, 6) is 0.400. The number of rotatable bonds is 5. The molecule has 19 heavy (non-hydrogen) atoms. The number of aliphatic hydroxyl groups is 3. The molecule has 6 unspecified atom stereocenters. The van der Waals surface area contributed by atoms with E-state index in [0.29, 0.717) is 12.3 Å². The van der Waals surface area contributed by atoms with Crippen LogP contribution in [0, 0.1) is 5.92 Å². The fourth-order valence-corrected chi connectivity index (χ4v) is 3.09. The van der Waals surface area contributed by atoms with Crippen molar-refractivity contribution in [1.29, 1.82) is 0 Å². The van der Waals surface area contributed by atoms with E-state index in [4.69, 9.17) is 6.11 Å². The highest BCUT2D eigenvalue weighted by molar-refractivity contribution is 4.99. The van der Waals surface area contributed by atoms with Crippen molar-refractivity contribution in [2.24, 2.45) is 5.92 Å². The van der Waals surface area contributed by atoms with Gasteiger partial charge in [-0.3, -0.25) is 0 Å². The second-order valence-corrected chi connectivity index (χ2v) is 6.27. The zero-order chi connectivity index (χ0) is 15.5. The van der Waals surface area contributed by atoms with E-state index in [1.54, 1.807) is 7.05 Å². The first-order valence-electron chi connectivity index (χ1n) is 7.63. The Kier molecular flexibility index (Phi) is 5.20. The second-order valence-electron chi connectivity index (χ2n) is 6.27. The molecule has 0 spiro atoms. The molecule has 1 aliphatic heterocycles. The van der Waals surface area contributed by atoms with Gasteiger partial charge in [0.2, 0.25) is 0 Å². The van der Waals surface area contributed by atoms with Crippen molar-refractivity contribution < 1.29 is 21.4 Å². The van der Waals surface area contributed by atoms with Gasteiger partial charge in [-0.2, -0.15) is 0 Å². The minimum atomic E-state index is -1.19. The maximum absolute atomic E-state index is 10.3. The number of hydrogen-bond acceptors (Lipinski definition) is 5. The molecule has 5 heteroatoms. The van der Waals surface area contributed by atoms with Crippen molar-refractivity contribution in [3.8, 4) is 0 Å². The predicted molar refractivity (Wildman–Crippen MR) is 73.9 cm³/mol. The lowest BCUT2D eigenvalue weighted by Crippen LogP contribution is -2.63. The Labute approximate surface area is 117 Å². The molecule has 0 amide bonds. The number of likely N-dealkylation sites (N-methyl/N-ethyl adjacent to an activating group) is 1. The van der Waals surface area contributed by atoms with E-state index >= 15 is 0 Å². The number of ether oxygens (including phenoxy) is 1. The summed E-state index contributed by atoms with van der Waals surface area (Å²) in [4.78, 5) is 0. The summed E-state index contributed by atoms with van der Waals surface area (Å²) in [5.41, 5.74) is -0.533. The van der Waals surface area contributed by atoms with Gasteiger partial charge in [0.15, 0.2) is 0 Å². The van der Waals surface area contributed by atoms with Crippen molar-refractivity contribution in [2.45, 2.75) is 76.6 Å². The summed E-state index contributed by atoms with van der Waals surface area (Å²) in [7, 11) is 1.69. The van der Waals surface area contributed by atoms with Gasteiger partial charge >= 0.3 is 0 Å². The zero-order valence-corrected chi connectivity index (χ0v) is 12.3. The van der Waals surface area contributed by atoms with Gasteiger partial charge in [0.05, 0.1) is 23.9 Å². The van der Waals surface area contributed by atoms with Crippen LogP contribution in [-0.4, -0.2) is 58.4 Å². The summed E-state index contributed by atoms with van der Waals surface area (Å²) in [6.07, 6.45) is -2.50. The van der Waals surface area contributed by atoms with E-state index in [-0.39, 0.29) is 6.90 Å². The summed E-state index contributed by atoms with van der Waals surface area (Å²) in [6, 6.07) is -0.452. The van der Waals surface area contributed by atoms with Crippen molar-refractivity contribution >= 4 is 0 Å². The number of hydrogen-bond donors (Lipinski definition) is 4. The van der Waals surface area contributed by atoms with Gasteiger partial charge in [-0.15, -0.1) is 0 Å². The van der Waals surface area contributed by atoms with E-state index in [9.17, 15) is 15.3 Å². The van der Waals surface area contributed by atoms with E-state index in [0.717, 1.165) is 6.42 Å². The maximum atomic E-state index is 10.3. The Morgan fingerprint density at radius 2 is 2.11 bits per heavy atom. The molecule has 1 saturated heterocycles. The molecule has 0 aromatic heterocycles. The Morgan fingerprint density at radius 1 is 1.47 bits per heavy atom. The van der Waals surface area contributed by atoms with E-state index in [1.165, 1.54) is 0 Å². The van der Waals surface area contributed by atoms with Crippen molar-refractivity contribution in [3.63, 3.8) is 0 Å². The molecule has 1 fully saturated rings. The van der Waals surface area contributed by atoms with Crippen LogP contribution in [0.2, 0.25) is 0 Å². The average molecular weight is 276 g/mol. The largest absolute Gasteiger partial charge is 0.391 e. The number of aliphatic hydroxyl groups excluding tert-OH is 3. The summed E-state index contributed by atoms with van der Waals surface area (Å²) >= 11 is 0. The summed E-state index contributed by atoms with van der Waals surface area (Å²) in [5, 5.41) is 33.1. The standard InChI is InChI=1S/C14H29NO4/c1-8(2)6-14(4)7-10(17)11(15-5)13(19-14)12(18)9(3)16/h8-13,15-18H,6-7H2,1-5H3/i3D. The van der Waals surface area contributed by atoms with Crippen molar-refractivity contribution in [2.75, 3.05) is 7.05 Å². The maximum Gasteiger partial charge on any atom is 0.107 e. The van der Waals surface area contributed by atoms with Crippen LogP contribution in [0.5, 0.6) is 0 Å². The molecule has 0 aliphatic carbocycles. The molecular formula is C14H29NO4. The van der Waals surface area contributed by atoms with E-state index in [1.807, 2.05) is 6.92 Å². The van der Waals surface area contributed by atoms with Crippen LogP contribution in [0.4, 0.5) is 0 Å². The third kappa shape index (κ3) is 4.13. The van der Waals surface area contributed by atoms with Crippen LogP contribution in [0.15, 0.2) is 0 Å². The fourth-order valence-electron chi connectivity index (χ4n) is 3.09. The Balaban J connectivity index is 2.91. The van der Waals surface area contributed by atoms with Gasteiger partial charge in [0.25, 0.3) is 0 Å². The van der Waals surface area contributed by atoms with E-state index in [2.05, 4.69) is 19.2 Å². The van der Waals surface area contributed by atoms with Gasteiger partial charge in [0.1, 0.15) is 12.2 Å². The van der Waals surface area contributed by atoms with Gasteiger partial charge in [-0.05, 0) is 33.2 Å². The minimum absolute atomic E-state index is 0.297. The SMILES string of the molecule is [2H]CC(O)C(O)C1OC(C)(CC(C)C)CC(O)C1NC. The lowest BCUT2D eigenvalue weighted by Gasteiger charge is -2.48. The van der Waals surface area contributed by atoms with Crippen LogP contribution in [0.3, 0.4) is 0 Å². The first kappa shape index (κ1) is 15.2. The molecule has 1 heterocycles. The molecule has 5 nitrogen and oxygen atoms in total. The van der Waals surface area contributed by atoms with Crippen molar-refractivity contribution in [3.05, 3.63) is 0 Å². The van der Waals surface area contributed by atoms with E-state index < -0.39 is 36.1 Å². The molecule has 114 valence electrons. The second kappa shape index (κ2) is 6.50. The molecule has 1 aliphatic rings. The zero-order valence-electron chi connectivity index (χ0n) is 13.3. The van der Waals surface area contributed by atoms with Gasteiger partial charge in [-0.25, -0.2) is 0 Å². The van der Waals surface area contributed by atoms with Gasteiger partial charge in [-0.1, -0.05) is 13.8 Å². The quantitative estimate of drug-likeness (QED) is 0.579. The summed E-state index contributed by atoms with van der Waals surface area (Å²) in [6.45, 7) is 5.79. The van der Waals surface area contributed by atoms with Crippen LogP contribution < -0.4 is 5.32 Å². The molecule has 4 N–H and O–H groups in total. The smallest absolute Gasteiger partial charge is 0.107 e. The average Bonchev–Trinajstić information content (AvgIpc) is 2.34. The lowest BCUT2D eigenvalue weighted by molar-refractivity contribution is -0.215. The van der Waals surface area contributed by atoms with Crippen LogP contribution >= 0.6 is 0 Å². The Bertz CT molecular complexity index is 305. The molecule has 6 atom stereocenters. The molecule has 0 radical (unpaired) electrons. The summed E-state index contributed by atoms with van der Waals surface area (Å²) < 4.78 is 13.2. The van der Waals surface area contributed by atoms with Gasteiger partial charge in [0, 0.05) is 7.79 Å². The molecule has 0 bridgehead atoms. The van der Waals surface area contributed by atoms with Crippen molar-refractivity contribution in [1.82, 2.24) is 5.32 Å². The first-order valence-corrected chi connectivity index (χ1v) is 6.92. The first-order chi connectivity index (χ1) is 9.24. The molecule has 0 aromatic rings. The third-order valence-electron chi connectivity index (χ3n) is 3.73. The van der Waals surface area contributed by atoms with Gasteiger partial charge < -0.3 is 25.4 Å². The van der Waals surface area contributed by atoms with Crippen LogP contribution in [0.1, 0.15) is 41.9 Å². The monoisotopic (exact) mass is 276 g/mol. The highest BCUT2D eigenvalue weighted by atomic mass is 16.5. The third-order valence-corrected chi connectivity index (χ3v) is 3.73.